The van der Waals surface area contributed by atoms with Crippen LogP contribution in [0.1, 0.15) is 31.1 Å². The lowest BCUT2D eigenvalue weighted by Gasteiger charge is -2.21. The molecule has 0 heterocycles. The van der Waals surface area contributed by atoms with Crippen molar-refractivity contribution in [3.8, 4) is 28.0 Å². The summed E-state index contributed by atoms with van der Waals surface area (Å²) in [5, 5.41) is 9.65. The van der Waals surface area contributed by atoms with Gasteiger partial charge in [0.15, 0.2) is 6.61 Å². The summed E-state index contributed by atoms with van der Waals surface area (Å²) in [5.41, 5.74) is 2.28. The second kappa shape index (κ2) is 8.82. The van der Waals surface area contributed by atoms with Gasteiger partial charge in [-0.3, -0.25) is 0 Å². The third-order valence-corrected chi connectivity index (χ3v) is 4.26. The predicted octanol–water partition coefficient (Wildman–Crippen LogP) is 5.44. The summed E-state index contributed by atoms with van der Waals surface area (Å²) >= 11 is 0. The fourth-order valence-corrected chi connectivity index (χ4v) is 3.07. The Hall–Kier alpha value is -3.60. The Balaban J connectivity index is 2.13. The maximum atomic E-state index is 12.3. The molecule has 0 amide bonds. The minimum absolute atomic E-state index is 0.136. The number of hydrogen-bond donors (Lipinski definition) is 1. The van der Waals surface area contributed by atoms with Crippen LogP contribution in [0.15, 0.2) is 72.8 Å². The summed E-state index contributed by atoms with van der Waals surface area (Å²) in [7, 11) is 0. The molecule has 0 radical (unpaired) electrons. The second-order valence-corrected chi connectivity index (χ2v) is 7.81. The number of aromatic carboxylic acids is 1. The Bertz CT molecular complexity index is 974. The number of ether oxygens (including phenoxy) is 2. The molecule has 0 spiro atoms. The van der Waals surface area contributed by atoms with E-state index in [1.165, 1.54) is 0 Å². The van der Waals surface area contributed by atoms with Gasteiger partial charge in [0, 0.05) is 11.1 Å². The van der Waals surface area contributed by atoms with E-state index >= 15 is 0 Å². The molecule has 0 saturated carbocycles. The molecule has 5 heteroatoms. The van der Waals surface area contributed by atoms with Crippen molar-refractivity contribution >= 4 is 11.9 Å². The molecule has 0 aliphatic carbocycles. The fraction of sp³-hybridized carbons (Fsp3) is 0.200. The van der Waals surface area contributed by atoms with Crippen LogP contribution in [0.3, 0.4) is 0 Å². The van der Waals surface area contributed by atoms with Crippen LogP contribution in [0.25, 0.3) is 22.3 Å². The van der Waals surface area contributed by atoms with Gasteiger partial charge in [0.2, 0.25) is 0 Å². The number of carboxylic acid groups (broad SMARTS) is 1. The molecule has 3 aromatic rings. The van der Waals surface area contributed by atoms with Crippen molar-refractivity contribution in [3.63, 3.8) is 0 Å². The van der Waals surface area contributed by atoms with Gasteiger partial charge in [-0.2, -0.15) is 0 Å². The lowest BCUT2D eigenvalue weighted by atomic mass is 9.94. The van der Waals surface area contributed by atoms with Gasteiger partial charge < -0.3 is 14.6 Å². The van der Waals surface area contributed by atoms with Crippen LogP contribution < -0.4 is 4.74 Å². The van der Waals surface area contributed by atoms with Crippen molar-refractivity contribution in [1.82, 2.24) is 0 Å². The molecule has 0 unspecified atom stereocenters. The zero-order valence-electron chi connectivity index (χ0n) is 17.2. The lowest BCUT2D eigenvalue weighted by molar-refractivity contribution is -0.157. The topological polar surface area (TPSA) is 72.8 Å². The smallest absolute Gasteiger partial charge is 0.344 e. The molecule has 0 atom stereocenters. The van der Waals surface area contributed by atoms with Gasteiger partial charge in [-0.15, -0.1) is 0 Å². The number of esters is 1. The molecule has 154 valence electrons. The highest BCUT2D eigenvalue weighted by Crippen LogP contribution is 2.40. The van der Waals surface area contributed by atoms with Crippen molar-refractivity contribution in [1.29, 1.82) is 0 Å². The van der Waals surface area contributed by atoms with Gasteiger partial charge in [-0.25, -0.2) is 9.59 Å². The van der Waals surface area contributed by atoms with E-state index in [1.54, 1.807) is 32.9 Å². The van der Waals surface area contributed by atoms with Crippen molar-refractivity contribution in [2.24, 2.45) is 0 Å². The molecular weight excluding hydrogens is 380 g/mol. The molecule has 0 aromatic heterocycles. The molecule has 0 fully saturated rings. The number of carbonyl (C=O) groups is 2. The quantitative estimate of drug-likeness (QED) is 0.554. The molecular formula is C25H24O5. The first-order chi connectivity index (χ1) is 14.2. The van der Waals surface area contributed by atoms with Crippen molar-refractivity contribution < 1.29 is 24.2 Å². The highest BCUT2D eigenvalue weighted by molar-refractivity contribution is 5.95. The van der Waals surface area contributed by atoms with Crippen LogP contribution in [0.5, 0.6) is 5.75 Å². The van der Waals surface area contributed by atoms with E-state index < -0.39 is 17.5 Å². The van der Waals surface area contributed by atoms with Gasteiger partial charge in [-0.05, 0) is 44.0 Å². The number of carbonyl (C=O) groups excluding carboxylic acids is 1. The van der Waals surface area contributed by atoms with Crippen LogP contribution in [-0.4, -0.2) is 29.3 Å². The monoisotopic (exact) mass is 404 g/mol. The number of rotatable bonds is 6. The summed E-state index contributed by atoms with van der Waals surface area (Å²) < 4.78 is 11.3. The van der Waals surface area contributed by atoms with E-state index in [4.69, 9.17) is 9.47 Å². The van der Waals surface area contributed by atoms with Crippen LogP contribution in [-0.2, 0) is 9.53 Å². The van der Waals surface area contributed by atoms with E-state index in [1.807, 2.05) is 60.7 Å². The summed E-state index contributed by atoms with van der Waals surface area (Å²) in [4.78, 5) is 24.0. The molecule has 0 bridgehead atoms. The molecule has 0 saturated heterocycles. The van der Waals surface area contributed by atoms with Crippen LogP contribution >= 0.6 is 0 Å². The average molecular weight is 404 g/mol. The zero-order valence-corrected chi connectivity index (χ0v) is 17.2. The number of carboxylic acids is 1. The minimum Gasteiger partial charge on any atom is -0.481 e. The van der Waals surface area contributed by atoms with Gasteiger partial charge in [-0.1, -0.05) is 60.7 Å². The van der Waals surface area contributed by atoms with Crippen molar-refractivity contribution in [2.45, 2.75) is 26.4 Å². The fourth-order valence-electron chi connectivity index (χ4n) is 3.07. The average Bonchev–Trinajstić information content (AvgIpc) is 2.71. The van der Waals surface area contributed by atoms with E-state index in [-0.39, 0.29) is 12.2 Å². The highest BCUT2D eigenvalue weighted by atomic mass is 16.6. The van der Waals surface area contributed by atoms with Gasteiger partial charge >= 0.3 is 11.9 Å². The number of benzene rings is 3. The third kappa shape index (κ3) is 5.26. The van der Waals surface area contributed by atoms with E-state index in [0.717, 1.165) is 11.1 Å². The van der Waals surface area contributed by atoms with Crippen LogP contribution in [0.2, 0.25) is 0 Å². The largest absolute Gasteiger partial charge is 0.481 e. The Morgan fingerprint density at radius 3 is 1.70 bits per heavy atom. The zero-order chi connectivity index (χ0) is 21.7. The van der Waals surface area contributed by atoms with E-state index in [2.05, 4.69) is 0 Å². The van der Waals surface area contributed by atoms with Crippen molar-refractivity contribution in [3.05, 3.63) is 78.4 Å². The summed E-state index contributed by atoms with van der Waals surface area (Å²) in [6.45, 7) is 5.08. The lowest BCUT2D eigenvalue weighted by Crippen LogP contribution is -2.27. The molecule has 30 heavy (non-hydrogen) atoms. The Morgan fingerprint density at radius 2 is 1.30 bits per heavy atom. The summed E-state index contributed by atoms with van der Waals surface area (Å²) in [6, 6.07) is 21.8. The van der Waals surface area contributed by atoms with Gasteiger partial charge in [0.1, 0.15) is 11.4 Å². The van der Waals surface area contributed by atoms with Crippen LogP contribution in [0, 0.1) is 0 Å². The van der Waals surface area contributed by atoms with Crippen molar-refractivity contribution in [2.75, 3.05) is 6.61 Å². The molecule has 5 nitrogen and oxygen atoms in total. The third-order valence-electron chi connectivity index (χ3n) is 4.26. The summed E-state index contributed by atoms with van der Waals surface area (Å²) in [6.07, 6.45) is 0. The maximum absolute atomic E-state index is 12.3. The first kappa shape index (κ1) is 21.1. The van der Waals surface area contributed by atoms with E-state index in [9.17, 15) is 14.7 Å². The van der Waals surface area contributed by atoms with E-state index in [0.29, 0.717) is 16.9 Å². The standard InChI is InChI=1S/C25H24O5/c1-25(2,3)30-22(26)16-29-23-20(17-10-6-4-7-11-17)14-19(24(27)28)15-21(23)18-12-8-5-9-13-18/h4-15H,16H2,1-3H3,(H,27,28). The maximum Gasteiger partial charge on any atom is 0.344 e. The highest BCUT2D eigenvalue weighted by Gasteiger charge is 2.21. The molecule has 3 rings (SSSR count). The molecule has 0 aliphatic rings. The normalized spacial score (nSPS) is 11.0. The second-order valence-electron chi connectivity index (χ2n) is 7.81. The van der Waals surface area contributed by atoms with Crippen LogP contribution in [0.4, 0.5) is 0 Å². The molecule has 1 N–H and O–H groups in total. The first-order valence-electron chi connectivity index (χ1n) is 9.61. The van der Waals surface area contributed by atoms with Gasteiger partial charge in [0.25, 0.3) is 0 Å². The SMILES string of the molecule is CC(C)(C)OC(=O)COc1c(-c2ccccc2)cc(C(=O)O)cc1-c1ccccc1. The Kier molecular flexibility index (Phi) is 6.21. The summed E-state index contributed by atoms with van der Waals surface area (Å²) in [5.74, 6) is -1.10. The molecule has 3 aromatic carbocycles. The first-order valence-corrected chi connectivity index (χ1v) is 9.61. The number of hydrogen-bond acceptors (Lipinski definition) is 4. The minimum atomic E-state index is -1.04. The Morgan fingerprint density at radius 1 is 0.833 bits per heavy atom. The molecule has 0 aliphatic heterocycles. The predicted molar refractivity (Wildman–Crippen MR) is 116 cm³/mol. The van der Waals surface area contributed by atoms with Gasteiger partial charge in [0.05, 0.1) is 5.56 Å². The Labute approximate surface area is 175 Å².